The monoisotopic (exact) mass is 513 g/mol. The number of halogens is 2. The fraction of sp³-hybridized carbons (Fsp3) is 0.391. The van der Waals surface area contributed by atoms with Crippen molar-refractivity contribution in [2.45, 2.75) is 33.4 Å². The van der Waals surface area contributed by atoms with Gasteiger partial charge in [0.25, 0.3) is 0 Å². The van der Waals surface area contributed by atoms with Crippen molar-refractivity contribution in [2.75, 3.05) is 23.7 Å². The number of anilines is 1. The van der Waals surface area contributed by atoms with Crippen LogP contribution in [0.4, 0.5) is 5.69 Å². The lowest BCUT2D eigenvalue weighted by molar-refractivity contribution is -0.139. The molecule has 0 aliphatic heterocycles. The van der Waals surface area contributed by atoms with Crippen LogP contribution in [0.1, 0.15) is 26.3 Å². The molecule has 10 heteroatoms. The first-order valence-corrected chi connectivity index (χ1v) is 13.0. The molecule has 0 aliphatic carbocycles. The van der Waals surface area contributed by atoms with Gasteiger partial charge in [-0.25, -0.2) is 8.42 Å². The third kappa shape index (κ3) is 7.62. The van der Waals surface area contributed by atoms with Crippen LogP contribution in [0.25, 0.3) is 0 Å². The van der Waals surface area contributed by atoms with Crippen LogP contribution in [-0.4, -0.2) is 50.5 Å². The van der Waals surface area contributed by atoms with E-state index >= 15 is 0 Å². The Labute approximate surface area is 205 Å². The van der Waals surface area contributed by atoms with Crippen LogP contribution in [0.3, 0.4) is 0 Å². The highest BCUT2D eigenvalue weighted by Crippen LogP contribution is 2.33. The number of nitrogens with one attached hydrogen (secondary N) is 1. The van der Waals surface area contributed by atoms with Gasteiger partial charge in [0.05, 0.1) is 22.0 Å². The average Bonchev–Trinajstić information content (AvgIpc) is 2.75. The molecule has 0 bridgehead atoms. The molecule has 2 aromatic rings. The first-order valence-electron chi connectivity index (χ1n) is 10.4. The van der Waals surface area contributed by atoms with Crippen LogP contribution in [0.2, 0.25) is 10.0 Å². The Morgan fingerprint density at radius 2 is 1.64 bits per heavy atom. The van der Waals surface area contributed by atoms with Gasteiger partial charge < -0.3 is 10.2 Å². The molecule has 0 radical (unpaired) electrons. The predicted molar refractivity (Wildman–Crippen MR) is 133 cm³/mol. The second kappa shape index (κ2) is 11.7. The van der Waals surface area contributed by atoms with Gasteiger partial charge in [0.1, 0.15) is 12.6 Å². The normalized spacial score (nSPS) is 12.3. The molecule has 0 fully saturated rings. The van der Waals surface area contributed by atoms with E-state index in [9.17, 15) is 18.0 Å². The van der Waals surface area contributed by atoms with Crippen molar-refractivity contribution in [1.29, 1.82) is 0 Å². The molecule has 0 saturated heterocycles. The van der Waals surface area contributed by atoms with Crippen molar-refractivity contribution in [2.24, 2.45) is 5.92 Å². The Morgan fingerprint density at radius 1 is 1.00 bits per heavy atom. The predicted octanol–water partition coefficient (Wildman–Crippen LogP) is 3.95. The van der Waals surface area contributed by atoms with E-state index in [4.69, 9.17) is 23.2 Å². The summed E-state index contributed by atoms with van der Waals surface area (Å²) in [6.07, 6.45) is 0.984. The number of benzene rings is 2. The van der Waals surface area contributed by atoms with Crippen LogP contribution < -0.4 is 9.62 Å². The van der Waals surface area contributed by atoms with Gasteiger partial charge in [-0.2, -0.15) is 0 Å². The summed E-state index contributed by atoms with van der Waals surface area (Å²) in [6.45, 7) is 5.62. The maximum atomic E-state index is 13.4. The fourth-order valence-corrected chi connectivity index (χ4v) is 4.40. The van der Waals surface area contributed by atoms with Gasteiger partial charge in [0.15, 0.2) is 0 Å². The Balaban J connectivity index is 2.38. The minimum Gasteiger partial charge on any atom is -0.354 e. The summed E-state index contributed by atoms with van der Waals surface area (Å²) in [5, 5.41) is 3.02. The van der Waals surface area contributed by atoms with Gasteiger partial charge >= 0.3 is 0 Å². The van der Waals surface area contributed by atoms with Crippen molar-refractivity contribution in [1.82, 2.24) is 10.2 Å². The van der Waals surface area contributed by atoms with E-state index in [0.717, 1.165) is 16.1 Å². The van der Waals surface area contributed by atoms with E-state index < -0.39 is 28.5 Å². The Bertz CT molecular complexity index is 1080. The zero-order chi connectivity index (χ0) is 24.8. The molecule has 2 rings (SSSR count). The summed E-state index contributed by atoms with van der Waals surface area (Å²) in [7, 11) is -3.88. The van der Waals surface area contributed by atoms with Crippen molar-refractivity contribution in [3.63, 3.8) is 0 Å². The quantitative estimate of drug-likeness (QED) is 0.520. The molecule has 0 unspecified atom stereocenters. The average molecular weight is 514 g/mol. The molecule has 0 aliphatic rings. The number of sulfonamides is 1. The summed E-state index contributed by atoms with van der Waals surface area (Å²) < 4.78 is 26.0. The first-order chi connectivity index (χ1) is 15.4. The first kappa shape index (κ1) is 27.0. The van der Waals surface area contributed by atoms with Crippen molar-refractivity contribution in [3.8, 4) is 0 Å². The molecule has 2 aromatic carbocycles. The number of amides is 2. The second-order valence-electron chi connectivity index (χ2n) is 8.16. The van der Waals surface area contributed by atoms with E-state index in [0.29, 0.717) is 6.54 Å². The molecule has 0 saturated carbocycles. The van der Waals surface area contributed by atoms with Crippen LogP contribution in [0.15, 0.2) is 48.5 Å². The maximum absolute atomic E-state index is 13.4. The van der Waals surface area contributed by atoms with Gasteiger partial charge in [0, 0.05) is 13.1 Å². The van der Waals surface area contributed by atoms with Crippen LogP contribution >= 0.6 is 23.2 Å². The standard InChI is InChI=1S/C23H29Cl2N3O4S/c1-16(2)13-26-23(30)17(3)27(14-18-9-6-5-7-10-18)21(29)15-28(33(4,31)32)20-12-8-11-19(24)22(20)25/h5-12,16-17H,13-15H2,1-4H3,(H,26,30)/t17-/m0/s1. The van der Waals surface area contributed by atoms with Gasteiger partial charge in [-0.05, 0) is 30.5 Å². The van der Waals surface area contributed by atoms with E-state index in [1.165, 1.54) is 17.0 Å². The molecule has 2 amide bonds. The van der Waals surface area contributed by atoms with E-state index in [1.807, 2.05) is 44.2 Å². The number of carbonyl (C=O) groups is 2. The number of hydrogen-bond donors (Lipinski definition) is 1. The molecular weight excluding hydrogens is 485 g/mol. The van der Waals surface area contributed by atoms with Crippen LogP contribution in [0, 0.1) is 5.92 Å². The number of nitrogens with zero attached hydrogens (tertiary/aromatic N) is 2. The molecule has 0 heterocycles. The molecule has 33 heavy (non-hydrogen) atoms. The summed E-state index contributed by atoms with van der Waals surface area (Å²) in [6, 6.07) is 12.9. The fourth-order valence-electron chi connectivity index (χ4n) is 3.09. The molecule has 180 valence electrons. The third-order valence-electron chi connectivity index (χ3n) is 4.93. The molecular formula is C23H29Cl2N3O4S. The van der Waals surface area contributed by atoms with Crippen LogP contribution in [0.5, 0.6) is 0 Å². The lowest BCUT2D eigenvalue weighted by Crippen LogP contribution is -2.51. The van der Waals surface area contributed by atoms with Gasteiger partial charge in [0.2, 0.25) is 21.8 Å². The lowest BCUT2D eigenvalue weighted by atomic mass is 10.1. The zero-order valence-electron chi connectivity index (χ0n) is 19.1. The van der Waals surface area contributed by atoms with E-state index in [2.05, 4.69) is 5.32 Å². The van der Waals surface area contributed by atoms with Gasteiger partial charge in [-0.15, -0.1) is 0 Å². The SMILES string of the molecule is CC(C)CNC(=O)[C@H](C)N(Cc1ccccc1)C(=O)CN(c1cccc(Cl)c1Cl)S(C)(=O)=O. The highest BCUT2D eigenvalue weighted by molar-refractivity contribution is 7.92. The minimum atomic E-state index is -3.88. The molecule has 1 N–H and O–H groups in total. The largest absolute Gasteiger partial charge is 0.354 e. The number of rotatable bonds is 10. The summed E-state index contributed by atoms with van der Waals surface area (Å²) in [4.78, 5) is 27.5. The topological polar surface area (TPSA) is 86.8 Å². The Morgan fingerprint density at radius 3 is 2.21 bits per heavy atom. The highest BCUT2D eigenvalue weighted by Gasteiger charge is 2.31. The third-order valence-corrected chi connectivity index (χ3v) is 6.86. The van der Waals surface area contributed by atoms with Crippen LogP contribution in [-0.2, 0) is 26.2 Å². The van der Waals surface area contributed by atoms with Gasteiger partial charge in [-0.1, -0.05) is 73.4 Å². The van der Waals surface area contributed by atoms with Crippen molar-refractivity contribution >= 4 is 50.7 Å². The summed E-state index contributed by atoms with van der Waals surface area (Å²) in [5.74, 6) is -0.627. The Hall–Kier alpha value is -2.29. The number of hydrogen-bond acceptors (Lipinski definition) is 4. The molecule has 7 nitrogen and oxygen atoms in total. The lowest BCUT2D eigenvalue weighted by Gasteiger charge is -2.32. The van der Waals surface area contributed by atoms with E-state index in [1.54, 1.807) is 13.0 Å². The summed E-state index contributed by atoms with van der Waals surface area (Å²) >= 11 is 12.3. The molecule has 1 atom stereocenters. The Kier molecular flexibility index (Phi) is 9.57. The zero-order valence-corrected chi connectivity index (χ0v) is 21.4. The molecule has 0 aromatic heterocycles. The van der Waals surface area contributed by atoms with Crippen molar-refractivity contribution < 1.29 is 18.0 Å². The highest BCUT2D eigenvalue weighted by atomic mass is 35.5. The summed E-state index contributed by atoms with van der Waals surface area (Å²) in [5.41, 5.74) is 0.901. The second-order valence-corrected chi connectivity index (χ2v) is 10.9. The van der Waals surface area contributed by atoms with Gasteiger partial charge in [-0.3, -0.25) is 13.9 Å². The van der Waals surface area contributed by atoms with E-state index in [-0.39, 0.29) is 34.1 Å². The smallest absolute Gasteiger partial charge is 0.244 e. The molecule has 0 spiro atoms. The minimum absolute atomic E-state index is 0.0229. The number of carbonyl (C=O) groups excluding carboxylic acids is 2. The van der Waals surface area contributed by atoms with Crippen molar-refractivity contribution in [3.05, 3.63) is 64.1 Å². The maximum Gasteiger partial charge on any atom is 0.244 e.